The highest BCUT2D eigenvalue weighted by atomic mass is 15.2. The number of piperidine rings is 1. The van der Waals surface area contributed by atoms with Crippen LogP contribution in [0.25, 0.3) is 0 Å². The number of aryl methyl sites for hydroxylation is 2. The fourth-order valence-corrected chi connectivity index (χ4v) is 3.56. The molecule has 2 fully saturated rings. The Kier molecular flexibility index (Phi) is 5.26. The average Bonchev–Trinajstić information content (AvgIpc) is 3.01. The van der Waals surface area contributed by atoms with Crippen LogP contribution in [0.2, 0.25) is 0 Å². The van der Waals surface area contributed by atoms with Crippen LogP contribution in [0.3, 0.4) is 0 Å². The lowest BCUT2D eigenvalue weighted by Crippen LogP contribution is -2.47. The van der Waals surface area contributed by atoms with Gasteiger partial charge in [0.1, 0.15) is 11.6 Å². The molecule has 2 aliphatic heterocycles. The molecule has 2 aliphatic rings. The smallest absolute Gasteiger partial charge is 0.132 e. The maximum absolute atomic E-state index is 4.65. The van der Waals surface area contributed by atoms with Crippen molar-refractivity contribution in [3.05, 3.63) is 17.6 Å². The fourth-order valence-electron chi connectivity index (χ4n) is 3.56. The van der Waals surface area contributed by atoms with Gasteiger partial charge >= 0.3 is 0 Å². The third-order valence-corrected chi connectivity index (χ3v) is 4.73. The van der Waals surface area contributed by atoms with E-state index in [1.165, 1.54) is 25.0 Å². The van der Waals surface area contributed by atoms with Crippen molar-refractivity contribution in [2.45, 2.75) is 58.0 Å². The molecule has 1 aromatic heterocycles. The number of nitrogens with one attached hydrogen (secondary N) is 2. The van der Waals surface area contributed by atoms with Gasteiger partial charge in [-0.05, 0) is 39.2 Å². The van der Waals surface area contributed by atoms with E-state index in [2.05, 4.69) is 38.5 Å². The maximum Gasteiger partial charge on any atom is 0.132 e. The minimum absolute atomic E-state index is 0.666. The molecule has 1 aromatic rings. The van der Waals surface area contributed by atoms with Crippen LogP contribution in [-0.2, 0) is 6.42 Å². The molecule has 5 nitrogen and oxygen atoms in total. The second kappa shape index (κ2) is 7.38. The van der Waals surface area contributed by atoms with Crippen LogP contribution in [0.5, 0.6) is 0 Å². The molecule has 22 heavy (non-hydrogen) atoms. The predicted octanol–water partition coefficient (Wildman–Crippen LogP) is 1.66. The molecule has 2 N–H and O–H groups in total. The van der Waals surface area contributed by atoms with Crippen LogP contribution in [-0.4, -0.2) is 48.2 Å². The van der Waals surface area contributed by atoms with Gasteiger partial charge in [0.05, 0.1) is 0 Å². The number of anilines is 1. The van der Waals surface area contributed by atoms with Gasteiger partial charge in [-0.15, -0.1) is 0 Å². The molecule has 1 atom stereocenters. The van der Waals surface area contributed by atoms with Crippen LogP contribution in [0, 0.1) is 6.92 Å². The molecule has 0 unspecified atom stereocenters. The molecule has 0 spiro atoms. The van der Waals surface area contributed by atoms with E-state index in [0.717, 1.165) is 50.7 Å². The molecule has 0 aliphatic carbocycles. The van der Waals surface area contributed by atoms with Crippen molar-refractivity contribution in [1.82, 2.24) is 20.6 Å². The quantitative estimate of drug-likeness (QED) is 0.866. The van der Waals surface area contributed by atoms with E-state index >= 15 is 0 Å². The molecule has 0 bridgehead atoms. The van der Waals surface area contributed by atoms with Crippen LogP contribution >= 0.6 is 0 Å². The molecule has 0 radical (unpaired) electrons. The molecular weight excluding hydrogens is 274 g/mol. The molecule has 0 aromatic carbocycles. The topological polar surface area (TPSA) is 53.1 Å². The van der Waals surface area contributed by atoms with Gasteiger partial charge in [0.25, 0.3) is 0 Å². The fraction of sp³-hybridized carbons (Fsp3) is 0.765. The van der Waals surface area contributed by atoms with Gasteiger partial charge in [-0.3, -0.25) is 0 Å². The van der Waals surface area contributed by atoms with E-state index < -0.39 is 0 Å². The molecule has 122 valence electrons. The molecule has 2 saturated heterocycles. The Balaban J connectivity index is 1.56. The van der Waals surface area contributed by atoms with Crippen molar-refractivity contribution >= 4 is 5.82 Å². The number of aromatic nitrogens is 2. The SMILES string of the molecule is CCCc1cc(N2CCC(N[C@@H]3CCNC3)CC2)nc(C)n1. The summed E-state index contributed by atoms with van der Waals surface area (Å²) in [6.07, 6.45) is 5.87. The van der Waals surface area contributed by atoms with E-state index in [1.807, 2.05) is 6.92 Å². The number of hydrogen-bond donors (Lipinski definition) is 2. The van der Waals surface area contributed by atoms with E-state index in [-0.39, 0.29) is 0 Å². The largest absolute Gasteiger partial charge is 0.356 e. The van der Waals surface area contributed by atoms with E-state index in [1.54, 1.807) is 0 Å². The normalized spacial score (nSPS) is 23.2. The van der Waals surface area contributed by atoms with Gasteiger partial charge in [-0.1, -0.05) is 13.3 Å². The van der Waals surface area contributed by atoms with Gasteiger partial charge in [-0.25, -0.2) is 9.97 Å². The summed E-state index contributed by atoms with van der Waals surface area (Å²) in [6, 6.07) is 3.53. The molecule has 0 saturated carbocycles. The first-order valence-corrected chi connectivity index (χ1v) is 8.81. The Morgan fingerprint density at radius 1 is 1.23 bits per heavy atom. The lowest BCUT2D eigenvalue weighted by molar-refractivity contribution is 0.374. The second-order valence-corrected chi connectivity index (χ2v) is 6.63. The minimum atomic E-state index is 0.666. The summed E-state index contributed by atoms with van der Waals surface area (Å²) in [4.78, 5) is 11.6. The van der Waals surface area contributed by atoms with E-state index in [4.69, 9.17) is 0 Å². The van der Waals surface area contributed by atoms with Crippen molar-refractivity contribution in [1.29, 1.82) is 0 Å². The summed E-state index contributed by atoms with van der Waals surface area (Å²) in [5.41, 5.74) is 1.18. The summed E-state index contributed by atoms with van der Waals surface area (Å²) in [6.45, 7) is 8.69. The van der Waals surface area contributed by atoms with Gasteiger partial charge in [-0.2, -0.15) is 0 Å². The van der Waals surface area contributed by atoms with Gasteiger partial charge in [0.2, 0.25) is 0 Å². The van der Waals surface area contributed by atoms with Gasteiger partial charge in [0, 0.05) is 43.5 Å². The lowest BCUT2D eigenvalue weighted by atomic mass is 10.0. The minimum Gasteiger partial charge on any atom is -0.356 e. The number of rotatable bonds is 5. The predicted molar refractivity (Wildman–Crippen MR) is 90.4 cm³/mol. The summed E-state index contributed by atoms with van der Waals surface area (Å²) < 4.78 is 0. The zero-order valence-corrected chi connectivity index (χ0v) is 13.9. The molecule has 3 rings (SSSR count). The van der Waals surface area contributed by atoms with Crippen molar-refractivity contribution in [3.63, 3.8) is 0 Å². The number of nitrogens with zero attached hydrogens (tertiary/aromatic N) is 3. The highest BCUT2D eigenvalue weighted by molar-refractivity contribution is 5.40. The molecular formula is C17H29N5. The maximum atomic E-state index is 4.65. The van der Waals surface area contributed by atoms with Crippen molar-refractivity contribution in [3.8, 4) is 0 Å². The van der Waals surface area contributed by atoms with Crippen LogP contribution < -0.4 is 15.5 Å². The molecule has 3 heterocycles. The first-order chi connectivity index (χ1) is 10.7. The van der Waals surface area contributed by atoms with Crippen LogP contribution in [0.4, 0.5) is 5.82 Å². The van der Waals surface area contributed by atoms with E-state index in [0.29, 0.717) is 12.1 Å². The third-order valence-electron chi connectivity index (χ3n) is 4.73. The van der Waals surface area contributed by atoms with Crippen molar-refractivity contribution in [2.75, 3.05) is 31.1 Å². The molecule has 5 heteroatoms. The Hall–Kier alpha value is -1.20. The summed E-state index contributed by atoms with van der Waals surface area (Å²) in [5.74, 6) is 2.02. The van der Waals surface area contributed by atoms with Crippen molar-refractivity contribution in [2.24, 2.45) is 0 Å². The third kappa shape index (κ3) is 3.96. The zero-order chi connectivity index (χ0) is 15.4. The summed E-state index contributed by atoms with van der Waals surface area (Å²) in [5, 5.41) is 7.24. The number of hydrogen-bond acceptors (Lipinski definition) is 5. The first kappa shape index (κ1) is 15.7. The van der Waals surface area contributed by atoms with Crippen LogP contribution in [0.15, 0.2) is 6.07 Å². The summed E-state index contributed by atoms with van der Waals surface area (Å²) in [7, 11) is 0. The van der Waals surface area contributed by atoms with Gasteiger partial charge in [0.15, 0.2) is 0 Å². The lowest BCUT2D eigenvalue weighted by Gasteiger charge is -2.34. The van der Waals surface area contributed by atoms with Crippen molar-refractivity contribution < 1.29 is 0 Å². The highest BCUT2D eigenvalue weighted by Crippen LogP contribution is 2.20. The monoisotopic (exact) mass is 303 g/mol. The molecule has 0 amide bonds. The Morgan fingerprint density at radius 2 is 2.05 bits per heavy atom. The highest BCUT2D eigenvalue weighted by Gasteiger charge is 2.24. The van der Waals surface area contributed by atoms with Gasteiger partial charge < -0.3 is 15.5 Å². The first-order valence-electron chi connectivity index (χ1n) is 8.81. The summed E-state index contributed by atoms with van der Waals surface area (Å²) >= 11 is 0. The Labute approximate surface area is 133 Å². The Morgan fingerprint density at radius 3 is 2.73 bits per heavy atom. The van der Waals surface area contributed by atoms with Crippen LogP contribution in [0.1, 0.15) is 44.1 Å². The zero-order valence-electron chi connectivity index (χ0n) is 13.9. The standard InChI is InChI=1S/C17H29N5/c1-3-4-15-11-17(20-13(2)19-15)22-9-6-14(7-10-22)21-16-5-8-18-12-16/h11,14,16,18,21H,3-10,12H2,1-2H3/t16-/m1/s1. The Bertz CT molecular complexity index is 476. The average molecular weight is 303 g/mol. The van der Waals surface area contributed by atoms with E-state index in [9.17, 15) is 0 Å². The second-order valence-electron chi connectivity index (χ2n) is 6.63.